The van der Waals surface area contributed by atoms with E-state index in [0.717, 1.165) is 12.1 Å². The van der Waals surface area contributed by atoms with Gasteiger partial charge in [-0.15, -0.1) is 0 Å². The van der Waals surface area contributed by atoms with E-state index in [2.05, 4.69) is 10.1 Å². The molecule has 0 aliphatic heterocycles. The molecule has 1 N–H and O–H groups in total. The number of nitrogens with one attached hydrogen (secondary N) is 1. The third-order valence-corrected chi connectivity index (χ3v) is 3.73. The molecule has 0 heterocycles. The molecule has 1 aromatic rings. The molecule has 0 aromatic heterocycles. The van der Waals surface area contributed by atoms with Gasteiger partial charge in [-0.25, -0.2) is 13.2 Å². The van der Waals surface area contributed by atoms with Gasteiger partial charge in [-0.1, -0.05) is 6.07 Å². The molecular weight excluding hydrogens is 327 g/mol. The van der Waals surface area contributed by atoms with Gasteiger partial charge in [-0.05, 0) is 19.4 Å². The number of Topliss-reactive ketones (excluding diaryl/α,β-unsaturated/α-hetero) is 1. The lowest BCUT2D eigenvalue weighted by Gasteiger charge is -2.07. The summed E-state index contributed by atoms with van der Waals surface area (Å²) in [5.41, 5.74) is -0.197. The first-order valence-electron chi connectivity index (χ1n) is 7.43. The maximum Gasteiger partial charge on any atom is 0.313 e. The number of rotatable bonds is 7. The number of halogens is 3. The number of esters is 1. The lowest BCUT2D eigenvalue weighted by atomic mass is 10.1. The van der Waals surface area contributed by atoms with Gasteiger partial charge >= 0.3 is 5.97 Å². The molecule has 1 fully saturated rings. The summed E-state index contributed by atoms with van der Waals surface area (Å²) in [5, 5.41) is 2.38. The molecule has 1 aliphatic rings. The smallest absolute Gasteiger partial charge is 0.313 e. The number of amides is 1. The molecule has 0 radical (unpaired) electrons. The van der Waals surface area contributed by atoms with Crippen molar-refractivity contribution in [3.05, 3.63) is 35.1 Å². The Bertz CT molecular complexity index is 678. The minimum absolute atomic E-state index is 0.167. The summed E-state index contributed by atoms with van der Waals surface area (Å²) in [4.78, 5) is 34.9. The predicted octanol–water partition coefficient (Wildman–Crippen LogP) is 1.88. The minimum Gasteiger partial charge on any atom is -0.466 e. The normalized spacial score (nSPS) is 18.8. The second-order valence-electron chi connectivity index (χ2n) is 5.45. The van der Waals surface area contributed by atoms with E-state index < -0.39 is 41.2 Å². The number of ether oxygens (including phenoxy) is 1. The van der Waals surface area contributed by atoms with Crippen molar-refractivity contribution in [3.8, 4) is 0 Å². The van der Waals surface area contributed by atoms with Crippen molar-refractivity contribution in [2.45, 2.75) is 26.3 Å². The Hall–Kier alpha value is -2.38. The molecule has 1 saturated carbocycles. The number of hydrogen-bond donors (Lipinski definition) is 1. The van der Waals surface area contributed by atoms with Crippen molar-refractivity contribution in [1.29, 1.82) is 0 Å². The van der Waals surface area contributed by atoms with Crippen molar-refractivity contribution < 1.29 is 32.3 Å². The quantitative estimate of drug-likeness (QED) is 0.466. The summed E-state index contributed by atoms with van der Waals surface area (Å²) in [6, 6.07) is 1.80. The zero-order chi connectivity index (χ0) is 17.9. The van der Waals surface area contributed by atoms with E-state index >= 15 is 0 Å². The Labute approximate surface area is 136 Å². The molecule has 1 aliphatic carbocycles. The van der Waals surface area contributed by atoms with Crippen LogP contribution in [0.4, 0.5) is 13.2 Å². The van der Waals surface area contributed by atoms with E-state index in [-0.39, 0.29) is 30.9 Å². The number of carbonyl (C=O) groups excluding carboxylic acids is 3. The second kappa shape index (κ2) is 7.46. The van der Waals surface area contributed by atoms with E-state index in [1.165, 1.54) is 0 Å². The first-order chi connectivity index (χ1) is 11.3. The van der Waals surface area contributed by atoms with E-state index in [0.29, 0.717) is 6.42 Å². The van der Waals surface area contributed by atoms with Crippen LogP contribution < -0.4 is 5.32 Å². The fourth-order valence-electron chi connectivity index (χ4n) is 2.34. The first kappa shape index (κ1) is 18.0. The average Bonchev–Trinajstić information content (AvgIpc) is 3.32. The summed E-state index contributed by atoms with van der Waals surface area (Å²) in [6.45, 7) is 1.46. The molecule has 2 atom stereocenters. The van der Waals surface area contributed by atoms with Crippen LogP contribution in [0, 0.1) is 29.3 Å². The molecule has 24 heavy (non-hydrogen) atoms. The Balaban J connectivity index is 1.84. The van der Waals surface area contributed by atoms with E-state index in [1.54, 1.807) is 6.92 Å². The highest BCUT2D eigenvalue weighted by atomic mass is 19.2. The molecule has 8 heteroatoms. The van der Waals surface area contributed by atoms with Crippen LogP contribution >= 0.6 is 0 Å². The minimum atomic E-state index is -1.60. The number of ketones is 1. The Kier molecular flexibility index (Phi) is 5.58. The van der Waals surface area contributed by atoms with Crippen molar-refractivity contribution >= 4 is 17.7 Å². The van der Waals surface area contributed by atoms with Gasteiger partial charge in [-0.3, -0.25) is 14.4 Å². The monoisotopic (exact) mass is 343 g/mol. The van der Waals surface area contributed by atoms with Crippen LogP contribution in [-0.4, -0.2) is 24.3 Å². The predicted molar refractivity (Wildman–Crippen MR) is 76.0 cm³/mol. The Morgan fingerprint density at radius 3 is 2.54 bits per heavy atom. The molecule has 0 spiro atoms. The van der Waals surface area contributed by atoms with Crippen LogP contribution in [0.3, 0.4) is 0 Å². The van der Waals surface area contributed by atoms with Gasteiger partial charge in [0.05, 0.1) is 6.61 Å². The SMILES string of the molecule is CCOC(=O)CC(=O)C1CC1C(=O)NCc1ccc(F)c(F)c1F. The third kappa shape index (κ3) is 4.12. The van der Waals surface area contributed by atoms with Gasteiger partial charge in [-0.2, -0.15) is 0 Å². The lowest BCUT2D eigenvalue weighted by Crippen LogP contribution is -2.27. The van der Waals surface area contributed by atoms with Crippen LogP contribution in [0.5, 0.6) is 0 Å². The van der Waals surface area contributed by atoms with Gasteiger partial charge in [0, 0.05) is 23.9 Å². The van der Waals surface area contributed by atoms with Crippen LogP contribution in [0.25, 0.3) is 0 Å². The fourth-order valence-corrected chi connectivity index (χ4v) is 2.34. The molecule has 130 valence electrons. The molecule has 2 unspecified atom stereocenters. The Morgan fingerprint density at radius 2 is 1.88 bits per heavy atom. The summed E-state index contributed by atoms with van der Waals surface area (Å²) in [5.74, 6) is -6.96. The van der Waals surface area contributed by atoms with Crippen molar-refractivity contribution in [1.82, 2.24) is 5.32 Å². The van der Waals surface area contributed by atoms with Gasteiger partial charge in [0.1, 0.15) is 12.2 Å². The number of benzene rings is 1. The summed E-state index contributed by atoms with van der Waals surface area (Å²) in [7, 11) is 0. The fraction of sp³-hybridized carbons (Fsp3) is 0.438. The molecule has 5 nitrogen and oxygen atoms in total. The zero-order valence-electron chi connectivity index (χ0n) is 12.9. The third-order valence-electron chi connectivity index (χ3n) is 3.73. The highest BCUT2D eigenvalue weighted by Gasteiger charge is 2.47. The molecule has 2 rings (SSSR count). The highest BCUT2D eigenvalue weighted by Crippen LogP contribution is 2.40. The summed E-state index contributed by atoms with van der Waals surface area (Å²) < 4.78 is 44.0. The standard InChI is InChI=1S/C16H16F3NO4/c1-2-24-13(22)6-12(21)9-5-10(9)16(23)20-7-8-3-4-11(17)15(19)14(8)18/h3-4,9-10H,2,5-7H2,1H3,(H,20,23). The van der Waals surface area contributed by atoms with Gasteiger partial charge in [0.25, 0.3) is 0 Å². The van der Waals surface area contributed by atoms with E-state index in [4.69, 9.17) is 0 Å². The second-order valence-corrected chi connectivity index (χ2v) is 5.45. The Morgan fingerprint density at radius 1 is 1.17 bits per heavy atom. The molecule has 0 bridgehead atoms. The van der Waals surface area contributed by atoms with Gasteiger partial charge in [0.15, 0.2) is 17.5 Å². The molecule has 1 aromatic carbocycles. The van der Waals surface area contributed by atoms with Gasteiger partial charge < -0.3 is 10.1 Å². The van der Waals surface area contributed by atoms with Crippen LogP contribution in [-0.2, 0) is 25.7 Å². The molecule has 1 amide bonds. The summed E-state index contributed by atoms with van der Waals surface area (Å²) >= 11 is 0. The van der Waals surface area contributed by atoms with Crippen molar-refractivity contribution in [2.75, 3.05) is 6.61 Å². The molecule has 0 saturated heterocycles. The topological polar surface area (TPSA) is 72.5 Å². The maximum absolute atomic E-state index is 13.5. The van der Waals surface area contributed by atoms with E-state index in [9.17, 15) is 27.6 Å². The summed E-state index contributed by atoms with van der Waals surface area (Å²) in [6.07, 6.45) is -0.0928. The number of carbonyl (C=O) groups is 3. The lowest BCUT2D eigenvalue weighted by molar-refractivity contribution is -0.146. The average molecular weight is 343 g/mol. The largest absolute Gasteiger partial charge is 0.466 e. The maximum atomic E-state index is 13.5. The number of hydrogen-bond acceptors (Lipinski definition) is 4. The van der Waals surface area contributed by atoms with E-state index in [1.807, 2.05) is 0 Å². The van der Waals surface area contributed by atoms with Gasteiger partial charge in [0.2, 0.25) is 5.91 Å². The first-order valence-corrected chi connectivity index (χ1v) is 7.43. The molecular formula is C16H16F3NO4. The van der Waals surface area contributed by atoms with Crippen molar-refractivity contribution in [3.63, 3.8) is 0 Å². The van der Waals surface area contributed by atoms with Crippen molar-refractivity contribution in [2.24, 2.45) is 11.8 Å². The van der Waals surface area contributed by atoms with Crippen LogP contribution in [0.15, 0.2) is 12.1 Å². The zero-order valence-corrected chi connectivity index (χ0v) is 12.9. The van der Waals surface area contributed by atoms with Crippen LogP contribution in [0.2, 0.25) is 0 Å². The highest BCUT2D eigenvalue weighted by molar-refractivity contribution is 6.01. The van der Waals surface area contributed by atoms with Crippen LogP contribution in [0.1, 0.15) is 25.3 Å².